The molecule has 0 N–H and O–H groups in total. The molecule has 0 heterocycles. The number of benzene rings is 18. The van der Waals surface area contributed by atoms with Crippen LogP contribution in [0.5, 0.6) is 23.0 Å². The summed E-state index contributed by atoms with van der Waals surface area (Å²) in [5, 5.41) is 0. The van der Waals surface area contributed by atoms with Crippen LogP contribution in [0.1, 0.15) is 122 Å². The minimum atomic E-state index is -0.158. The third-order valence-corrected chi connectivity index (χ3v) is 24.7. The Kier molecular flexibility index (Phi) is 24.3. The summed E-state index contributed by atoms with van der Waals surface area (Å²) in [6, 6.07) is 161. The minimum Gasteiger partial charge on any atom is -0.457 e. The number of carbonyl (C=O) groups is 3. The zero-order valence-corrected chi connectivity index (χ0v) is 74.4. The van der Waals surface area contributed by atoms with Gasteiger partial charge in [-0.1, -0.05) is 387 Å². The molecular formula is C132H82O5. The molecule has 3 aliphatic carbocycles. The Morgan fingerprint density at radius 3 is 0.511 bits per heavy atom. The summed E-state index contributed by atoms with van der Waals surface area (Å²) in [6.45, 7) is 0. The van der Waals surface area contributed by atoms with Gasteiger partial charge in [0.1, 0.15) is 23.0 Å². The number of hydrogen-bond acceptors (Lipinski definition) is 5. The SMILES string of the molecule is O=C1C(c2ccc(-c3ccccc3)cc2)=C(c2ccccc2)C(c2ccc(Oc3ccc(C4=C(c5ccc(C#Cc6ccccc6)cc5)C(=O)C(c5ccc(C#Cc6ccccc6)cc5)=C4c4ccc(Oc5ccc(C6=C(c7ccc(Cc8ccccc8)cc7)C(=O)C(c7ccc(C#Cc8ccccc8)cc7)=C6c6ccccc6)cc5)cc4)cc3)cc2)=C1c1ccc(C#Cc2ccccc2)cc1. The number of rotatable bonds is 19. The van der Waals surface area contributed by atoms with Gasteiger partial charge in [-0.05, 0) is 241 Å². The Labute approximate surface area is 798 Å². The number of hydrogen-bond donors (Lipinski definition) is 0. The zero-order chi connectivity index (χ0) is 92.2. The van der Waals surface area contributed by atoms with Crippen molar-refractivity contribution in [3.63, 3.8) is 0 Å². The molecule has 0 spiro atoms. The second-order valence-electron chi connectivity index (χ2n) is 33.6. The standard InChI is InChI=1S/C132H82O5/c133-130-124(108-59-49-94(50-60-108)45-41-90-25-9-1-10-26-90)118(102-37-21-7-22-38-102)120(128(130)112-67-57-99(58-68-112)89-98-33-17-5-18-34-98)104-73-81-114(82-74-104)136-116-85-77-106(78-86-116)122-123(127(111-65-55-97(56-66-111)48-44-93-31-15-4-16-32-93)131(134)126(122)110-63-53-96(54-64-110)47-43-92-29-13-3-14-30-92)107-79-87-117(88-80-107)137-115-83-75-105(76-84-115)121-119(103-39-23-8-24-40-103)129(113-71-69-101(70-72-113)100-35-19-6-20-36-100)132(135)125(121)109-61-51-95(52-62-109)46-42-91-27-11-2-12-28-91/h1-40,49-88H,89H2. The lowest BCUT2D eigenvalue weighted by molar-refractivity contribution is -0.109. The van der Waals surface area contributed by atoms with Crippen molar-refractivity contribution >= 4 is 84.2 Å². The normalized spacial score (nSPS) is 12.8. The molecule has 0 radical (unpaired) electrons. The van der Waals surface area contributed by atoms with E-state index in [1.807, 2.05) is 376 Å². The smallest absolute Gasteiger partial charge is 0.195 e. The Balaban J connectivity index is 0.638. The molecule has 137 heavy (non-hydrogen) atoms. The third kappa shape index (κ3) is 18.6. The molecule has 0 atom stereocenters. The zero-order valence-electron chi connectivity index (χ0n) is 74.4. The molecule has 0 aromatic heterocycles. The van der Waals surface area contributed by atoms with E-state index in [1.165, 1.54) is 5.56 Å². The van der Waals surface area contributed by atoms with E-state index in [1.54, 1.807) is 0 Å². The molecular weight excluding hydrogens is 1670 g/mol. The Hall–Kier alpha value is -18.8. The molecule has 18 aromatic carbocycles. The molecule has 0 aliphatic heterocycles. The van der Waals surface area contributed by atoms with Crippen molar-refractivity contribution in [1.29, 1.82) is 0 Å². The van der Waals surface area contributed by atoms with Crippen molar-refractivity contribution < 1.29 is 23.9 Å². The maximum absolute atomic E-state index is 16.4. The quantitative estimate of drug-likeness (QED) is 0.0755. The molecule has 0 amide bonds. The van der Waals surface area contributed by atoms with Gasteiger partial charge in [0.25, 0.3) is 0 Å². The predicted molar refractivity (Wildman–Crippen MR) is 558 cm³/mol. The molecule has 5 nitrogen and oxygen atoms in total. The number of ketones is 3. The third-order valence-electron chi connectivity index (χ3n) is 24.7. The molecule has 0 saturated heterocycles. The van der Waals surface area contributed by atoms with Crippen molar-refractivity contribution in [3.8, 4) is 81.5 Å². The van der Waals surface area contributed by atoms with Crippen LogP contribution in [0.3, 0.4) is 0 Å². The van der Waals surface area contributed by atoms with Crippen LogP contribution >= 0.6 is 0 Å². The summed E-state index contributed by atoms with van der Waals surface area (Å²) >= 11 is 0. The average Bonchev–Trinajstić information content (AvgIpc) is 1.59. The van der Waals surface area contributed by atoms with Crippen LogP contribution in [0.2, 0.25) is 0 Å². The fourth-order valence-corrected chi connectivity index (χ4v) is 18.1. The number of Topliss-reactive ketones (excluding diaryl/α,β-unsaturated/α-hetero) is 3. The molecule has 0 fully saturated rings. The first-order valence-electron chi connectivity index (χ1n) is 45.6. The van der Waals surface area contributed by atoms with Gasteiger partial charge < -0.3 is 9.47 Å². The van der Waals surface area contributed by atoms with Gasteiger partial charge in [0.2, 0.25) is 0 Å². The highest BCUT2D eigenvalue weighted by atomic mass is 16.5. The van der Waals surface area contributed by atoms with Crippen LogP contribution in [0.25, 0.3) is 78.0 Å². The predicted octanol–water partition coefficient (Wildman–Crippen LogP) is 29.4. The molecule has 640 valence electrons. The molecule has 21 rings (SSSR count). The Morgan fingerprint density at radius 2 is 0.277 bits per heavy atom. The highest BCUT2D eigenvalue weighted by Gasteiger charge is 2.40. The van der Waals surface area contributed by atoms with E-state index in [9.17, 15) is 0 Å². The van der Waals surface area contributed by atoms with Crippen LogP contribution in [0.15, 0.2) is 485 Å². The van der Waals surface area contributed by atoms with Gasteiger partial charge in [0.15, 0.2) is 17.3 Å². The van der Waals surface area contributed by atoms with Gasteiger partial charge in [-0.25, -0.2) is 0 Å². The van der Waals surface area contributed by atoms with Crippen molar-refractivity contribution in [2.45, 2.75) is 6.42 Å². The van der Waals surface area contributed by atoms with Crippen LogP contribution < -0.4 is 9.47 Å². The topological polar surface area (TPSA) is 69.7 Å². The lowest BCUT2D eigenvalue weighted by Gasteiger charge is -2.16. The van der Waals surface area contributed by atoms with E-state index in [2.05, 4.69) is 157 Å². The first-order valence-corrected chi connectivity index (χ1v) is 45.6. The van der Waals surface area contributed by atoms with Gasteiger partial charge in [0.05, 0.1) is 0 Å². The van der Waals surface area contributed by atoms with E-state index in [-0.39, 0.29) is 17.3 Å². The summed E-state index contributed by atoms with van der Waals surface area (Å²) < 4.78 is 13.7. The van der Waals surface area contributed by atoms with Crippen molar-refractivity contribution in [2.75, 3.05) is 0 Å². The fraction of sp³-hybridized carbons (Fsp3) is 0.00758. The molecule has 3 aliphatic rings. The summed E-state index contributed by atoms with van der Waals surface area (Å²) in [5.41, 5.74) is 29.1. The summed E-state index contributed by atoms with van der Waals surface area (Å²) in [5.74, 6) is 28.5. The van der Waals surface area contributed by atoms with Crippen molar-refractivity contribution in [1.82, 2.24) is 0 Å². The monoisotopic (exact) mass is 1750 g/mol. The van der Waals surface area contributed by atoms with Crippen LogP contribution in [-0.2, 0) is 20.8 Å². The van der Waals surface area contributed by atoms with Gasteiger partial charge in [-0.15, -0.1) is 0 Å². The Bertz CT molecular complexity index is 8000. The van der Waals surface area contributed by atoms with Gasteiger partial charge >= 0.3 is 0 Å². The minimum absolute atomic E-state index is 0.0753. The maximum atomic E-state index is 16.4. The second kappa shape index (κ2) is 39.1. The highest BCUT2D eigenvalue weighted by Crippen LogP contribution is 2.55. The molecule has 18 aromatic rings. The Morgan fingerprint density at radius 1 is 0.131 bits per heavy atom. The largest absolute Gasteiger partial charge is 0.457 e. The number of allylic oxidation sites excluding steroid dienone is 12. The molecule has 0 bridgehead atoms. The molecule has 0 unspecified atom stereocenters. The van der Waals surface area contributed by atoms with Gasteiger partial charge in [-0.3, -0.25) is 14.4 Å². The maximum Gasteiger partial charge on any atom is 0.195 e. The van der Waals surface area contributed by atoms with Crippen LogP contribution in [0, 0.1) is 47.4 Å². The number of carbonyl (C=O) groups excluding carboxylic acids is 3. The van der Waals surface area contributed by atoms with E-state index in [0.29, 0.717) is 67.6 Å². The first-order chi connectivity index (χ1) is 67.6. The highest BCUT2D eigenvalue weighted by molar-refractivity contribution is 6.61. The van der Waals surface area contributed by atoms with Gasteiger partial charge in [0, 0.05) is 111 Å². The van der Waals surface area contributed by atoms with E-state index in [4.69, 9.17) is 9.47 Å². The summed E-state index contributed by atoms with van der Waals surface area (Å²) in [7, 11) is 0. The van der Waals surface area contributed by atoms with Crippen LogP contribution in [0.4, 0.5) is 0 Å². The number of ether oxygens (including phenoxy) is 2. The second-order valence-corrected chi connectivity index (χ2v) is 33.6. The summed E-state index contributed by atoms with van der Waals surface area (Å²) in [6.07, 6.45) is 0.749. The van der Waals surface area contributed by atoms with E-state index < -0.39 is 0 Å². The van der Waals surface area contributed by atoms with Crippen LogP contribution in [-0.4, -0.2) is 17.3 Å². The fourth-order valence-electron chi connectivity index (χ4n) is 18.1. The lowest BCUT2D eigenvalue weighted by atomic mass is 9.89. The average molecular weight is 1750 g/mol. The van der Waals surface area contributed by atoms with Crippen molar-refractivity contribution in [2.24, 2.45) is 0 Å². The summed E-state index contributed by atoms with van der Waals surface area (Å²) in [4.78, 5) is 48.0. The molecule has 5 heteroatoms. The first kappa shape index (κ1) is 85.1. The van der Waals surface area contributed by atoms with E-state index >= 15 is 14.4 Å². The van der Waals surface area contributed by atoms with E-state index in [0.717, 1.165) is 157 Å². The molecule has 0 saturated carbocycles. The lowest BCUT2D eigenvalue weighted by Crippen LogP contribution is -2.02. The van der Waals surface area contributed by atoms with Gasteiger partial charge in [-0.2, -0.15) is 0 Å². The van der Waals surface area contributed by atoms with Crippen molar-refractivity contribution in [3.05, 3.63) is 608 Å².